The van der Waals surface area contributed by atoms with Gasteiger partial charge in [-0.2, -0.15) is 12.6 Å². The molecule has 0 aromatic carbocycles. The SMILES string of the molecule is CC(C)CC[C@H](NC=O)C(C)S. The summed E-state index contributed by atoms with van der Waals surface area (Å²) >= 11 is 4.31. The Hall–Kier alpha value is -0.180. The zero-order valence-corrected chi connectivity index (χ0v) is 8.97. The Morgan fingerprint density at radius 3 is 2.25 bits per heavy atom. The first-order valence-corrected chi connectivity index (χ1v) is 4.97. The van der Waals surface area contributed by atoms with E-state index >= 15 is 0 Å². The number of carbonyl (C=O) groups excluding carboxylic acids is 1. The third-order valence-electron chi connectivity index (χ3n) is 1.92. The van der Waals surface area contributed by atoms with Crippen molar-refractivity contribution in [3.63, 3.8) is 0 Å². The third-order valence-corrected chi connectivity index (χ3v) is 2.28. The minimum absolute atomic E-state index is 0.216. The molecular formula is C9H19NOS. The molecule has 1 amide bonds. The smallest absolute Gasteiger partial charge is 0.207 e. The molecule has 0 saturated carbocycles. The summed E-state index contributed by atoms with van der Waals surface area (Å²) in [6.45, 7) is 6.37. The predicted molar refractivity (Wildman–Crippen MR) is 55.5 cm³/mol. The molecule has 1 N–H and O–H groups in total. The van der Waals surface area contributed by atoms with Gasteiger partial charge in [-0.1, -0.05) is 20.8 Å². The van der Waals surface area contributed by atoms with Crippen LogP contribution in [-0.2, 0) is 4.79 Å². The van der Waals surface area contributed by atoms with Gasteiger partial charge in [0.05, 0.1) is 0 Å². The molecule has 0 fully saturated rings. The van der Waals surface area contributed by atoms with Crippen LogP contribution in [0.4, 0.5) is 0 Å². The van der Waals surface area contributed by atoms with Gasteiger partial charge in [0.15, 0.2) is 0 Å². The van der Waals surface area contributed by atoms with Gasteiger partial charge in [-0.05, 0) is 18.8 Å². The van der Waals surface area contributed by atoms with E-state index in [1.807, 2.05) is 6.92 Å². The lowest BCUT2D eigenvalue weighted by atomic mass is 10.0. The molecular weight excluding hydrogens is 170 g/mol. The normalized spacial score (nSPS) is 15.8. The highest BCUT2D eigenvalue weighted by molar-refractivity contribution is 7.81. The molecule has 0 aliphatic carbocycles. The molecule has 0 aliphatic heterocycles. The van der Waals surface area contributed by atoms with Crippen LogP contribution < -0.4 is 5.32 Å². The maximum Gasteiger partial charge on any atom is 0.207 e. The minimum atomic E-state index is 0.216. The second-order valence-corrected chi connectivity index (χ2v) is 4.42. The second-order valence-electron chi connectivity index (χ2n) is 3.60. The molecule has 0 spiro atoms. The molecule has 0 radical (unpaired) electrons. The first-order valence-electron chi connectivity index (χ1n) is 4.45. The first kappa shape index (κ1) is 11.8. The number of hydrogen-bond acceptors (Lipinski definition) is 2. The molecule has 3 heteroatoms. The fourth-order valence-electron chi connectivity index (χ4n) is 1.06. The van der Waals surface area contributed by atoms with E-state index in [0.717, 1.165) is 19.3 Å². The summed E-state index contributed by atoms with van der Waals surface area (Å²) in [5, 5.41) is 3.01. The number of carbonyl (C=O) groups is 1. The van der Waals surface area contributed by atoms with Gasteiger partial charge in [0.25, 0.3) is 0 Å². The van der Waals surface area contributed by atoms with Crippen LogP contribution in [0, 0.1) is 5.92 Å². The Labute approximate surface area is 80.5 Å². The van der Waals surface area contributed by atoms with Gasteiger partial charge in [0.1, 0.15) is 0 Å². The quantitative estimate of drug-likeness (QED) is 0.484. The highest BCUT2D eigenvalue weighted by Gasteiger charge is 2.12. The average Bonchev–Trinajstić information content (AvgIpc) is 1.96. The van der Waals surface area contributed by atoms with E-state index in [-0.39, 0.29) is 11.3 Å². The van der Waals surface area contributed by atoms with Gasteiger partial charge in [0, 0.05) is 11.3 Å². The van der Waals surface area contributed by atoms with Crippen molar-refractivity contribution in [2.75, 3.05) is 0 Å². The minimum Gasteiger partial charge on any atom is -0.355 e. The predicted octanol–water partition coefficient (Wildman–Crippen LogP) is 1.86. The molecule has 1 unspecified atom stereocenters. The monoisotopic (exact) mass is 189 g/mol. The number of amides is 1. The Balaban J connectivity index is 3.70. The summed E-state index contributed by atoms with van der Waals surface area (Å²) in [5.74, 6) is 0.688. The lowest BCUT2D eigenvalue weighted by Gasteiger charge is -2.19. The van der Waals surface area contributed by atoms with Crippen molar-refractivity contribution in [1.82, 2.24) is 5.32 Å². The number of thiol groups is 1. The molecule has 0 aliphatic rings. The van der Waals surface area contributed by atoms with E-state index in [1.54, 1.807) is 0 Å². The van der Waals surface area contributed by atoms with Crippen LogP contribution in [0.1, 0.15) is 33.6 Å². The van der Waals surface area contributed by atoms with Crippen LogP contribution in [0.3, 0.4) is 0 Å². The molecule has 0 bridgehead atoms. The largest absolute Gasteiger partial charge is 0.355 e. The third kappa shape index (κ3) is 5.47. The van der Waals surface area contributed by atoms with E-state index in [1.165, 1.54) is 0 Å². The fraction of sp³-hybridized carbons (Fsp3) is 0.889. The molecule has 12 heavy (non-hydrogen) atoms. The molecule has 2 nitrogen and oxygen atoms in total. The molecule has 72 valence electrons. The van der Waals surface area contributed by atoms with Gasteiger partial charge in [-0.3, -0.25) is 4.79 Å². The first-order chi connectivity index (χ1) is 5.57. The van der Waals surface area contributed by atoms with Crippen LogP contribution in [-0.4, -0.2) is 17.7 Å². The van der Waals surface area contributed by atoms with Gasteiger partial charge in [-0.25, -0.2) is 0 Å². The van der Waals surface area contributed by atoms with Crippen molar-refractivity contribution in [1.29, 1.82) is 0 Å². The Morgan fingerprint density at radius 1 is 1.33 bits per heavy atom. The summed E-state index contributed by atoms with van der Waals surface area (Å²) in [5.41, 5.74) is 0. The highest BCUT2D eigenvalue weighted by Crippen LogP contribution is 2.11. The van der Waals surface area contributed by atoms with Crippen molar-refractivity contribution >= 4 is 19.0 Å². The lowest BCUT2D eigenvalue weighted by molar-refractivity contribution is -0.110. The van der Waals surface area contributed by atoms with Crippen LogP contribution in [0.15, 0.2) is 0 Å². The van der Waals surface area contributed by atoms with Crippen LogP contribution in [0.5, 0.6) is 0 Å². The summed E-state index contributed by atoms with van der Waals surface area (Å²) < 4.78 is 0. The molecule has 0 aromatic heterocycles. The van der Waals surface area contributed by atoms with Crippen LogP contribution in [0.2, 0.25) is 0 Å². The standard InChI is InChI=1S/C9H19NOS/c1-7(2)4-5-9(8(3)12)10-6-11/h6-9,12H,4-5H2,1-3H3,(H,10,11)/t8?,9-/m0/s1. The Kier molecular flexibility index (Phi) is 6.25. The van der Waals surface area contributed by atoms with E-state index in [4.69, 9.17) is 0 Å². The zero-order valence-electron chi connectivity index (χ0n) is 8.08. The fourth-order valence-corrected chi connectivity index (χ4v) is 1.30. The highest BCUT2D eigenvalue weighted by atomic mass is 32.1. The van der Waals surface area contributed by atoms with Crippen molar-refractivity contribution in [3.8, 4) is 0 Å². The molecule has 2 atom stereocenters. The van der Waals surface area contributed by atoms with Crippen molar-refractivity contribution in [2.24, 2.45) is 5.92 Å². The van der Waals surface area contributed by atoms with E-state index < -0.39 is 0 Å². The van der Waals surface area contributed by atoms with Gasteiger partial charge in [-0.15, -0.1) is 0 Å². The number of hydrogen-bond donors (Lipinski definition) is 2. The van der Waals surface area contributed by atoms with E-state index in [0.29, 0.717) is 5.92 Å². The van der Waals surface area contributed by atoms with Crippen molar-refractivity contribution in [2.45, 2.75) is 44.9 Å². The Bertz CT molecular complexity index is 126. The molecule has 0 aromatic rings. The van der Waals surface area contributed by atoms with Gasteiger partial charge in [0.2, 0.25) is 6.41 Å². The lowest BCUT2D eigenvalue weighted by Crippen LogP contribution is -2.34. The topological polar surface area (TPSA) is 29.1 Å². The summed E-state index contributed by atoms with van der Waals surface area (Å²) in [7, 11) is 0. The summed E-state index contributed by atoms with van der Waals surface area (Å²) in [6, 6.07) is 0.216. The van der Waals surface area contributed by atoms with E-state index in [9.17, 15) is 4.79 Å². The zero-order chi connectivity index (χ0) is 9.56. The van der Waals surface area contributed by atoms with Crippen LogP contribution >= 0.6 is 12.6 Å². The van der Waals surface area contributed by atoms with Gasteiger partial charge >= 0.3 is 0 Å². The van der Waals surface area contributed by atoms with Gasteiger partial charge < -0.3 is 5.32 Å². The number of nitrogens with one attached hydrogen (secondary N) is 1. The average molecular weight is 189 g/mol. The molecule has 0 saturated heterocycles. The second kappa shape index (κ2) is 6.35. The molecule has 0 rings (SSSR count). The maximum absolute atomic E-state index is 10.2. The Morgan fingerprint density at radius 2 is 1.92 bits per heavy atom. The summed E-state index contributed by atoms with van der Waals surface area (Å²) in [4.78, 5) is 10.2. The molecule has 0 heterocycles. The van der Waals surface area contributed by atoms with Crippen LogP contribution in [0.25, 0.3) is 0 Å². The summed E-state index contributed by atoms with van der Waals surface area (Å²) in [6.07, 6.45) is 2.91. The van der Waals surface area contributed by atoms with Crippen molar-refractivity contribution < 1.29 is 4.79 Å². The van der Waals surface area contributed by atoms with Crippen molar-refractivity contribution in [3.05, 3.63) is 0 Å². The maximum atomic E-state index is 10.2. The number of rotatable bonds is 6. The van der Waals surface area contributed by atoms with E-state index in [2.05, 4.69) is 31.8 Å².